The van der Waals surface area contributed by atoms with Crippen LogP contribution >= 0.6 is 24.0 Å². The topological polar surface area (TPSA) is 99.8 Å². The van der Waals surface area contributed by atoms with Crippen LogP contribution < -0.4 is 16.4 Å². The smallest absolute Gasteiger partial charge is 0.251 e. The largest absolute Gasteiger partial charge is 0.368 e. The Hall–Kier alpha value is -1.84. The fourth-order valence-corrected chi connectivity index (χ4v) is 4.83. The van der Waals surface area contributed by atoms with Crippen molar-refractivity contribution in [3.05, 3.63) is 35.4 Å². The summed E-state index contributed by atoms with van der Waals surface area (Å²) in [5.41, 5.74) is 7.11. The van der Waals surface area contributed by atoms with Crippen LogP contribution in [0.2, 0.25) is 0 Å². The molecule has 0 radical (unpaired) electrons. The molecule has 7 nitrogen and oxygen atoms in total. The minimum absolute atomic E-state index is 0. The van der Waals surface area contributed by atoms with Gasteiger partial charge in [0.15, 0.2) is 5.96 Å². The van der Waals surface area contributed by atoms with Crippen LogP contribution in [0.5, 0.6) is 0 Å². The van der Waals surface area contributed by atoms with Gasteiger partial charge in [0.1, 0.15) is 0 Å². The van der Waals surface area contributed by atoms with Gasteiger partial charge in [0.25, 0.3) is 5.91 Å². The molecule has 1 heterocycles. The quantitative estimate of drug-likeness (QED) is 0.303. The van der Waals surface area contributed by atoms with Gasteiger partial charge in [0, 0.05) is 32.2 Å². The normalized spacial score (nSPS) is 18.6. The van der Waals surface area contributed by atoms with Crippen molar-refractivity contribution < 1.29 is 9.59 Å². The molecule has 3 rings (SSSR count). The minimum Gasteiger partial charge on any atom is -0.368 e. The number of hydrogen-bond donors (Lipinski definition) is 3. The van der Waals surface area contributed by atoms with Crippen molar-refractivity contribution in [1.82, 2.24) is 15.5 Å². The van der Waals surface area contributed by atoms with E-state index in [1.54, 1.807) is 12.1 Å². The van der Waals surface area contributed by atoms with Crippen LogP contribution in [0.3, 0.4) is 0 Å². The van der Waals surface area contributed by atoms with Crippen LogP contribution in [-0.4, -0.2) is 49.4 Å². The van der Waals surface area contributed by atoms with Crippen molar-refractivity contribution in [1.29, 1.82) is 0 Å². The van der Waals surface area contributed by atoms with E-state index in [0.717, 1.165) is 24.6 Å². The highest BCUT2D eigenvalue weighted by atomic mass is 127. The Kier molecular flexibility index (Phi) is 10.1. The van der Waals surface area contributed by atoms with Gasteiger partial charge in [-0.15, -0.1) is 24.0 Å². The Morgan fingerprint density at radius 3 is 2.29 bits per heavy atom. The lowest BCUT2D eigenvalue weighted by Gasteiger charge is -2.44. The zero-order valence-electron chi connectivity index (χ0n) is 18.5. The SMILES string of the molecule is CN=C(NCc1ccc(C(=O)NCC(N)=O)cc1)N1CCCC2(CCCCCC2)C1.I. The first-order valence-corrected chi connectivity index (χ1v) is 11.1. The molecule has 1 aliphatic carbocycles. The number of carbonyl (C=O) groups excluding carboxylic acids is 2. The summed E-state index contributed by atoms with van der Waals surface area (Å²) >= 11 is 0. The zero-order chi connectivity index (χ0) is 21.4. The molecule has 2 fully saturated rings. The lowest BCUT2D eigenvalue weighted by molar-refractivity contribution is -0.117. The first-order valence-electron chi connectivity index (χ1n) is 11.1. The fraction of sp³-hybridized carbons (Fsp3) is 0.609. The summed E-state index contributed by atoms with van der Waals surface area (Å²) in [6, 6.07) is 7.36. The first-order chi connectivity index (χ1) is 14.5. The molecule has 8 heteroatoms. The maximum Gasteiger partial charge on any atom is 0.251 e. The number of benzene rings is 1. The molecule has 1 aromatic rings. The van der Waals surface area contributed by atoms with E-state index in [4.69, 9.17) is 5.73 Å². The second kappa shape index (κ2) is 12.3. The van der Waals surface area contributed by atoms with Gasteiger partial charge in [-0.1, -0.05) is 37.8 Å². The Bertz CT molecular complexity index is 758. The second-order valence-corrected chi connectivity index (χ2v) is 8.69. The maximum absolute atomic E-state index is 12.0. The molecule has 172 valence electrons. The Morgan fingerprint density at radius 1 is 1.03 bits per heavy atom. The van der Waals surface area contributed by atoms with Crippen LogP contribution in [0.1, 0.15) is 67.3 Å². The summed E-state index contributed by atoms with van der Waals surface area (Å²) < 4.78 is 0. The van der Waals surface area contributed by atoms with Gasteiger partial charge in [-0.3, -0.25) is 14.6 Å². The Labute approximate surface area is 202 Å². The van der Waals surface area contributed by atoms with E-state index in [0.29, 0.717) is 17.5 Å². The number of guanidine groups is 1. The number of primary amides is 1. The molecule has 1 aromatic carbocycles. The van der Waals surface area contributed by atoms with E-state index in [-0.39, 0.29) is 36.4 Å². The summed E-state index contributed by atoms with van der Waals surface area (Å²) in [6.07, 6.45) is 10.8. The number of piperidine rings is 1. The molecule has 1 aliphatic heterocycles. The minimum atomic E-state index is -0.557. The Balaban J connectivity index is 0.00000341. The van der Waals surface area contributed by atoms with Crippen molar-refractivity contribution in [2.45, 2.75) is 57.9 Å². The number of amides is 2. The molecule has 1 saturated heterocycles. The molecule has 0 bridgehead atoms. The van der Waals surface area contributed by atoms with Crippen molar-refractivity contribution in [3.63, 3.8) is 0 Å². The second-order valence-electron chi connectivity index (χ2n) is 8.69. The molecule has 4 N–H and O–H groups in total. The van der Waals surface area contributed by atoms with Crippen molar-refractivity contribution in [3.8, 4) is 0 Å². The molecule has 2 aliphatic rings. The van der Waals surface area contributed by atoms with E-state index in [1.165, 1.54) is 51.4 Å². The number of hydrogen-bond acceptors (Lipinski definition) is 3. The predicted molar refractivity (Wildman–Crippen MR) is 135 cm³/mol. The van der Waals surface area contributed by atoms with E-state index in [1.807, 2.05) is 19.2 Å². The van der Waals surface area contributed by atoms with E-state index < -0.39 is 5.91 Å². The standard InChI is InChI=1S/C23H35N5O2.HI/c1-25-22(28-14-6-13-23(17-28)11-4-2-3-5-12-23)27-15-18-7-9-19(10-8-18)21(30)26-16-20(24)29;/h7-10H,2-6,11-17H2,1H3,(H2,24,29)(H,25,27)(H,26,30);1H. The van der Waals surface area contributed by atoms with Crippen molar-refractivity contribution in [2.24, 2.45) is 16.1 Å². The average molecular weight is 541 g/mol. The van der Waals surface area contributed by atoms with Crippen molar-refractivity contribution in [2.75, 3.05) is 26.7 Å². The number of halogens is 1. The van der Waals surface area contributed by atoms with Gasteiger partial charge < -0.3 is 21.3 Å². The van der Waals surface area contributed by atoms with E-state index in [9.17, 15) is 9.59 Å². The van der Waals surface area contributed by atoms with E-state index >= 15 is 0 Å². The number of nitrogens with one attached hydrogen (secondary N) is 2. The summed E-state index contributed by atoms with van der Waals surface area (Å²) in [5, 5.41) is 5.99. The summed E-state index contributed by atoms with van der Waals surface area (Å²) in [5.74, 6) is 0.103. The number of likely N-dealkylation sites (tertiary alicyclic amines) is 1. The third-order valence-corrected chi connectivity index (χ3v) is 6.43. The highest BCUT2D eigenvalue weighted by Gasteiger charge is 2.36. The molecular weight excluding hydrogens is 505 g/mol. The summed E-state index contributed by atoms with van der Waals surface area (Å²) in [4.78, 5) is 29.8. The third-order valence-electron chi connectivity index (χ3n) is 6.43. The average Bonchev–Trinajstić information content (AvgIpc) is 2.98. The van der Waals surface area contributed by atoms with Gasteiger partial charge >= 0.3 is 0 Å². The predicted octanol–water partition coefficient (Wildman–Crippen LogP) is 3.03. The molecule has 0 unspecified atom stereocenters. The number of carbonyl (C=O) groups is 2. The molecule has 2 amide bonds. The highest BCUT2D eigenvalue weighted by molar-refractivity contribution is 14.0. The van der Waals surface area contributed by atoms with Gasteiger partial charge in [-0.2, -0.15) is 0 Å². The summed E-state index contributed by atoms with van der Waals surface area (Å²) in [6.45, 7) is 2.65. The molecule has 31 heavy (non-hydrogen) atoms. The lowest BCUT2D eigenvalue weighted by atomic mass is 9.74. The first kappa shape index (κ1) is 25.4. The molecule has 0 atom stereocenters. The van der Waals surface area contributed by atoms with Gasteiger partial charge in [-0.25, -0.2) is 0 Å². The number of rotatable bonds is 5. The maximum atomic E-state index is 12.0. The van der Waals surface area contributed by atoms with Crippen LogP contribution in [-0.2, 0) is 11.3 Å². The highest BCUT2D eigenvalue weighted by Crippen LogP contribution is 2.42. The van der Waals surface area contributed by atoms with Gasteiger partial charge in [0.2, 0.25) is 5.91 Å². The van der Waals surface area contributed by atoms with Gasteiger partial charge in [0.05, 0.1) is 6.54 Å². The molecule has 0 aromatic heterocycles. The zero-order valence-corrected chi connectivity index (χ0v) is 20.8. The van der Waals surface area contributed by atoms with Gasteiger partial charge in [-0.05, 0) is 48.8 Å². The molecular formula is C23H36IN5O2. The fourth-order valence-electron chi connectivity index (χ4n) is 4.83. The number of aliphatic imine (C=N–C) groups is 1. The summed E-state index contributed by atoms with van der Waals surface area (Å²) in [7, 11) is 1.85. The monoisotopic (exact) mass is 541 g/mol. The molecule has 1 spiro atoms. The van der Waals surface area contributed by atoms with Crippen molar-refractivity contribution >= 4 is 41.8 Å². The Morgan fingerprint density at radius 2 is 1.68 bits per heavy atom. The van der Waals surface area contributed by atoms with Crippen LogP contribution in [0.25, 0.3) is 0 Å². The van der Waals surface area contributed by atoms with Crippen LogP contribution in [0, 0.1) is 5.41 Å². The molecule has 1 saturated carbocycles. The number of nitrogens with two attached hydrogens (primary N) is 1. The van der Waals surface area contributed by atoms with Crippen LogP contribution in [0.4, 0.5) is 0 Å². The third kappa shape index (κ3) is 7.36. The van der Waals surface area contributed by atoms with E-state index in [2.05, 4.69) is 20.5 Å². The number of nitrogens with zero attached hydrogens (tertiary/aromatic N) is 2. The van der Waals surface area contributed by atoms with Crippen LogP contribution in [0.15, 0.2) is 29.3 Å². The lowest BCUT2D eigenvalue weighted by Crippen LogP contribution is -2.50.